The number of rotatable bonds is 0. The number of aliphatic imine (C=N–C) groups is 2. The molecule has 0 spiro atoms. The van der Waals surface area contributed by atoms with E-state index < -0.39 is 0 Å². The first kappa shape index (κ1) is 32.9. The van der Waals surface area contributed by atoms with Gasteiger partial charge in [-0.25, -0.2) is 9.98 Å². The number of aromatic amines is 5. The van der Waals surface area contributed by atoms with Gasteiger partial charge in [-0.2, -0.15) is 0 Å². The highest BCUT2D eigenvalue weighted by Gasteiger charge is 2.21. The van der Waals surface area contributed by atoms with Crippen molar-refractivity contribution in [2.75, 3.05) is 0 Å². The summed E-state index contributed by atoms with van der Waals surface area (Å²) in [7, 11) is 0. The molecule has 51 heavy (non-hydrogen) atoms. The summed E-state index contributed by atoms with van der Waals surface area (Å²) in [5.74, 6) is 0. The van der Waals surface area contributed by atoms with Gasteiger partial charge in [0, 0.05) is 10.7 Å². The van der Waals surface area contributed by atoms with Gasteiger partial charge in [-0.3, -0.25) is 0 Å². The van der Waals surface area contributed by atoms with E-state index in [-0.39, 0.29) is 0 Å². The minimum Gasteiger partial charge on any atom is -0.353 e. The molecule has 3 aliphatic heterocycles. The van der Waals surface area contributed by atoms with Crippen LogP contribution in [0, 0.1) is 101 Å². The van der Waals surface area contributed by atoms with Gasteiger partial charge < -0.3 is 24.9 Å². The number of hydrogen-bond acceptors (Lipinski definition) is 2. The molecule has 8 rings (SSSR count). The molecule has 3 aliphatic rings. The summed E-state index contributed by atoms with van der Waals surface area (Å²) >= 11 is 0. The number of nitrogens with zero attached hydrogens (tertiary/aromatic N) is 2. The Morgan fingerprint density at radius 2 is 0.549 bits per heavy atom. The van der Waals surface area contributed by atoms with Crippen molar-refractivity contribution < 1.29 is 0 Å². The fourth-order valence-electron chi connectivity index (χ4n) is 8.11. The molecule has 5 N–H and O–H groups in total. The molecule has 0 fully saturated rings. The summed E-state index contributed by atoms with van der Waals surface area (Å²) in [6.45, 7) is 30.9. The van der Waals surface area contributed by atoms with Crippen LogP contribution in [-0.2, 0) is 0 Å². The highest BCUT2D eigenvalue weighted by atomic mass is 14.9. The van der Waals surface area contributed by atoms with E-state index >= 15 is 0 Å². The predicted octanol–water partition coefficient (Wildman–Crippen LogP) is 6.35. The first-order valence-electron chi connectivity index (χ1n) is 18.0. The predicted molar refractivity (Wildman–Crippen MR) is 210 cm³/mol. The molecule has 5 aromatic rings. The van der Waals surface area contributed by atoms with E-state index in [1.54, 1.807) is 0 Å². The van der Waals surface area contributed by atoms with Crippen LogP contribution < -0.4 is 21.4 Å². The fraction of sp³-hybridized carbons (Fsp3) is 0.318. The highest BCUT2D eigenvalue weighted by molar-refractivity contribution is 6.26. The van der Waals surface area contributed by atoms with Crippen LogP contribution in [-0.4, -0.2) is 36.3 Å². The van der Waals surface area contributed by atoms with Gasteiger partial charge in [-0.05, 0) is 187 Å². The molecule has 0 unspecified atom stereocenters. The summed E-state index contributed by atoms with van der Waals surface area (Å²) < 4.78 is 0. The zero-order chi connectivity index (χ0) is 36.5. The second-order valence-electron chi connectivity index (χ2n) is 15.2. The molecule has 0 saturated heterocycles. The van der Waals surface area contributed by atoms with Crippen LogP contribution in [0.4, 0.5) is 0 Å². The smallest absolute Gasteiger partial charge is 0.0907 e. The van der Waals surface area contributed by atoms with Crippen molar-refractivity contribution in [3.05, 3.63) is 131 Å². The molecule has 0 aliphatic carbocycles. The van der Waals surface area contributed by atoms with Crippen molar-refractivity contribution in [1.82, 2.24) is 24.9 Å². The minimum absolute atomic E-state index is 0.989. The Kier molecular flexibility index (Phi) is 7.16. The van der Waals surface area contributed by atoms with Crippen LogP contribution in [0.5, 0.6) is 0 Å². The number of H-pyrrole nitrogens is 5. The zero-order valence-corrected chi connectivity index (χ0v) is 32.5. The Labute approximate surface area is 297 Å². The van der Waals surface area contributed by atoms with E-state index in [2.05, 4.69) is 134 Å². The Hall–Kier alpha value is -5.30. The van der Waals surface area contributed by atoms with Crippen LogP contribution in [0.2, 0.25) is 0 Å². The van der Waals surface area contributed by atoms with E-state index in [0.717, 1.165) is 76.3 Å². The topological polar surface area (TPSA) is 104 Å². The average Bonchev–Trinajstić information content (AvgIpc) is 3.93. The van der Waals surface area contributed by atoms with Crippen LogP contribution >= 0.6 is 0 Å². The van der Waals surface area contributed by atoms with Crippen molar-refractivity contribution in [1.29, 1.82) is 0 Å². The number of nitrogens with one attached hydrogen (secondary N) is 5. The van der Waals surface area contributed by atoms with E-state index in [0.29, 0.717) is 0 Å². The van der Waals surface area contributed by atoms with Gasteiger partial charge >= 0.3 is 0 Å². The summed E-state index contributed by atoms with van der Waals surface area (Å²) in [5, 5.41) is 11.0. The van der Waals surface area contributed by atoms with Gasteiger partial charge in [0.25, 0.3) is 0 Å². The molecule has 8 heterocycles. The summed E-state index contributed by atoms with van der Waals surface area (Å²) in [5.41, 5.74) is 21.1. The van der Waals surface area contributed by atoms with Crippen molar-refractivity contribution in [3.8, 4) is 0 Å². The quantitative estimate of drug-likeness (QED) is 0.126. The zero-order valence-electron chi connectivity index (χ0n) is 32.5. The lowest BCUT2D eigenvalue weighted by Gasteiger charge is -1.97. The summed E-state index contributed by atoms with van der Waals surface area (Å²) in [6, 6.07) is 0. The molecule has 14 bridgehead atoms. The number of aromatic nitrogens is 5. The van der Waals surface area contributed by atoms with Gasteiger partial charge in [-0.1, -0.05) is 0 Å². The molecule has 0 amide bonds. The van der Waals surface area contributed by atoms with E-state index in [4.69, 9.17) is 9.98 Å². The van der Waals surface area contributed by atoms with Crippen molar-refractivity contribution in [3.63, 3.8) is 0 Å². The lowest BCUT2D eigenvalue weighted by molar-refractivity contribution is 1.12. The van der Waals surface area contributed by atoms with Crippen molar-refractivity contribution >= 4 is 35.0 Å². The van der Waals surface area contributed by atoms with Gasteiger partial charge in [0.05, 0.1) is 65.6 Å². The second kappa shape index (κ2) is 11.1. The van der Waals surface area contributed by atoms with Gasteiger partial charge in [0.2, 0.25) is 0 Å². The third-order valence-electron chi connectivity index (χ3n) is 12.7. The average molecular weight is 676 g/mol. The largest absolute Gasteiger partial charge is 0.353 e. The van der Waals surface area contributed by atoms with E-state index in [1.807, 2.05) is 0 Å². The summed E-state index contributed by atoms with van der Waals surface area (Å²) in [6.07, 6.45) is 4.45. The van der Waals surface area contributed by atoms with Crippen LogP contribution in [0.1, 0.15) is 83.3 Å². The van der Waals surface area contributed by atoms with E-state index in [9.17, 15) is 0 Å². The van der Waals surface area contributed by atoms with Crippen molar-refractivity contribution in [2.45, 2.75) is 96.9 Å². The lowest BCUT2D eigenvalue weighted by atomic mass is 10.1. The molecule has 0 saturated carbocycles. The Morgan fingerprint density at radius 1 is 0.294 bits per heavy atom. The Balaban J connectivity index is 1.62. The molecule has 7 nitrogen and oxygen atoms in total. The van der Waals surface area contributed by atoms with E-state index in [1.165, 1.54) is 77.9 Å². The first-order valence-corrected chi connectivity index (χ1v) is 18.0. The third-order valence-corrected chi connectivity index (χ3v) is 12.7. The molecule has 260 valence electrons. The van der Waals surface area contributed by atoms with Gasteiger partial charge in [0.15, 0.2) is 0 Å². The minimum atomic E-state index is 0.989. The maximum atomic E-state index is 5.31. The van der Waals surface area contributed by atoms with Crippen LogP contribution in [0.25, 0.3) is 23.5 Å². The van der Waals surface area contributed by atoms with Gasteiger partial charge in [0.1, 0.15) is 0 Å². The van der Waals surface area contributed by atoms with Gasteiger partial charge in [-0.15, -0.1) is 0 Å². The molecular weight excluding hydrogens is 627 g/mol. The Bertz CT molecular complexity index is 3150. The molecule has 0 radical (unpaired) electrons. The third kappa shape index (κ3) is 4.49. The maximum Gasteiger partial charge on any atom is 0.0907 e. The molecule has 0 aromatic carbocycles. The second-order valence-corrected chi connectivity index (χ2v) is 15.2. The highest BCUT2D eigenvalue weighted by Crippen LogP contribution is 2.28. The maximum absolute atomic E-state index is 5.31. The number of allylic oxidation sites excluding steroid dienone is 2. The number of fused-ring (bicyclic) bond motifs is 12. The molecule has 7 heteroatoms. The SMILES string of the molecule is CC1=C(C)C2=c3[nH]c(c(C)c3C)=c3[nH]c(c(C)c3C)=CC3=NC(=c4[nH]c(c(C)c4C)=c4[nH]c(c(C)c4C)=c4[nH]c(c(C)c4C)=CC1=N2)C(C)=C3C. The normalized spacial score (nSPS) is 15.6. The summed E-state index contributed by atoms with van der Waals surface area (Å²) in [4.78, 5) is 29.8. The molecule has 0 atom stereocenters. The first-order chi connectivity index (χ1) is 24.1. The lowest BCUT2D eigenvalue weighted by Crippen LogP contribution is -2.10. The van der Waals surface area contributed by atoms with Crippen LogP contribution in [0.3, 0.4) is 0 Å². The monoisotopic (exact) mass is 675 g/mol. The molecule has 5 aromatic heterocycles. The fourth-order valence-corrected chi connectivity index (χ4v) is 8.11. The molecular formula is C44H49N7. The standard InChI is InChI=1S/C44H49N7/c1-17-21(5)35-39-25(9)26(10)40(49-39)36-22(6)18(2)32(46-36)16-34-20(4)24(8)38(48-34)42-28(12)30(14)44(51-42)43-29(13)27(11)41(50-43)37-23(7)19(3)33(47-37)15-31(17)45-35/h15-16,45,48-51H,1-14H3. The number of hydrogen-bond donors (Lipinski definition) is 5. The van der Waals surface area contributed by atoms with Crippen LogP contribution in [0.15, 0.2) is 32.3 Å². The Morgan fingerprint density at radius 3 is 0.882 bits per heavy atom. The van der Waals surface area contributed by atoms with Crippen molar-refractivity contribution in [2.24, 2.45) is 9.98 Å².